The Morgan fingerprint density at radius 3 is 1.71 bits per heavy atom. The summed E-state index contributed by atoms with van der Waals surface area (Å²) in [5.41, 5.74) is -2.71. The highest BCUT2D eigenvalue weighted by Crippen LogP contribution is 2.36. The van der Waals surface area contributed by atoms with Crippen molar-refractivity contribution in [1.82, 2.24) is 0 Å². The predicted octanol–water partition coefficient (Wildman–Crippen LogP) is 4.27. The van der Waals surface area contributed by atoms with Crippen molar-refractivity contribution in [1.29, 1.82) is 0 Å². The van der Waals surface area contributed by atoms with E-state index in [1.807, 2.05) is 0 Å². The molecular weight excluding hydrogens is 358 g/mol. The van der Waals surface area contributed by atoms with Crippen LogP contribution in [0.1, 0.15) is 29.5 Å². The second-order valence-corrected chi connectivity index (χ2v) is 7.98. The van der Waals surface area contributed by atoms with Gasteiger partial charge in [-0.15, -0.1) is 0 Å². The van der Waals surface area contributed by atoms with Crippen molar-refractivity contribution < 1.29 is 40.0 Å². The van der Waals surface area contributed by atoms with E-state index in [4.69, 9.17) is 8.85 Å². The quantitative estimate of drug-likeness (QED) is 0.439. The third kappa shape index (κ3) is 6.08. The Balaban J connectivity index is 2.84. The maximum atomic E-state index is 12.7. The number of benzene rings is 1. The summed E-state index contributed by atoms with van der Waals surface area (Å²) in [5.74, 6) is 0. The SMILES string of the molecule is CO[Si](O)(CCCCc1cc(C(F)(F)F)cc(C(F)(F)F)c1)OC. The van der Waals surface area contributed by atoms with Crippen LogP contribution >= 0.6 is 0 Å². The summed E-state index contributed by atoms with van der Waals surface area (Å²) < 4.78 is 86.1. The highest BCUT2D eigenvalue weighted by atomic mass is 28.4. The third-order valence-corrected chi connectivity index (χ3v) is 5.75. The average molecular weight is 376 g/mol. The summed E-state index contributed by atoms with van der Waals surface area (Å²) in [7, 11) is -0.725. The minimum Gasteiger partial charge on any atom is -0.390 e. The van der Waals surface area contributed by atoms with Crippen molar-refractivity contribution in [3.63, 3.8) is 0 Å². The zero-order valence-electron chi connectivity index (χ0n) is 13.1. The molecule has 1 N–H and O–H groups in total. The lowest BCUT2D eigenvalue weighted by molar-refractivity contribution is -0.143. The number of hydrogen-bond acceptors (Lipinski definition) is 3. The van der Waals surface area contributed by atoms with E-state index in [1.165, 1.54) is 14.2 Å². The van der Waals surface area contributed by atoms with Crippen molar-refractivity contribution in [3.05, 3.63) is 34.9 Å². The lowest BCUT2D eigenvalue weighted by atomic mass is 10.0. The topological polar surface area (TPSA) is 38.7 Å². The van der Waals surface area contributed by atoms with E-state index in [0.29, 0.717) is 25.0 Å². The Labute approximate surface area is 136 Å². The van der Waals surface area contributed by atoms with E-state index in [-0.39, 0.29) is 24.1 Å². The first-order valence-electron chi connectivity index (χ1n) is 7.02. The van der Waals surface area contributed by atoms with Crippen LogP contribution in [-0.4, -0.2) is 27.8 Å². The Bertz CT molecular complexity index is 508. The van der Waals surface area contributed by atoms with Crippen LogP contribution in [0, 0.1) is 0 Å². The molecule has 0 atom stereocenters. The molecule has 10 heteroatoms. The van der Waals surface area contributed by atoms with Gasteiger partial charge >= 0.3 is 21.2 Å². The molecule has 0 aliphatic heterocycles. The summed E-state index contributed by atoms with van der Waals surface area (Å²) in [6.45, 7) is 0. The van der Waals surface area contributed by atoms with E-state index in [9.17, 15) is 31.1 Å². The van der Waals surface area contributed by atoms with Crippen LogP contribution in [0.4, 0.5) is 26.3 Å². The number of hydrogen-bond donors (Lipinski definition) is 1. The van der Waals surface area contributed by atoms with Gasteiger partial charge in [-0.25, -0.2) is 0 Å². The average Bonchev–Trinajstić information content (AvgIpc) is 2.49. The fourth-order valence-electron chi connectivity index (χ4n) is 2.13. The number of aryl methyl sites for hydroxylation is 1. The van der Waals surface area contributed by atoms with Crippen LogP contribution in [0.25, 0.3) is 0 Å². The summed E-state index contributed by atoms with van der Waals surface area (Å²) >= 11 is 0. The van der Waals surface area contributed by atoms with Crippen molar-refractivity contribution >= 4 is 8.80 Å². The first kappa shape index (κ1) is 20.9. The lowest BCUT2D eigenvalue weighted by Gasteiger charge is -2.19. The smallest absolute Gasteiger partial charge is 0.390 e. The Hall–Kier alpha value is -1.10. The highest BCUT2D eigenvalue weighted by molar-refractivity contribution is 6.59. The second-order valence-electron chi connectivity index (χ2n) is 5.24. The molecule has 0 heterocycles. The molecule has 0 unspecified atom stereocenters. The molecule has 24 heavy (non-hydrogen) atoms. The van der Waals surface area contributed by atoms with Crippen molar-refractivity contribution in [2.45, 2.75) is 37.7 Å². The van der Waals surface area contributed by atoms with E-state index >= 15 is 0 Å². The van der Waals surface area contributed by atoms with Gasteiger partial charge in [0.1, 0.15) is 0 Å². The molecule has 0 aliphatic rings. The van der Waals surface area contributed by atoms with Crippen molar-refractivity contribution in [3.8, 4) is 0 Å². The molecule has 3 nitrogen and oxygen atoms in total. The molecule has 0 radical (unpaired) electrons. The zero-order chi connectivity index (χ0) is 18.6. The number of rotatable bonds is 7. The summed E-state index contributed by atoms with van der Waals surface area (Å²) in [6, 6.07) is 1.70. The number of alkyl halides is 6. The highest BCUT2D eigenvalue weighted by Gasteiger charge is 2.37. The minimum absolute atomic E-state index is 0.0188. The summed E-state index contributed by atoms with van der Waals surface area (Å²) in [4.78, 5) is 9.82. The normalized spacial score (nSPS) is 13.4. The molecule has 1 aromatic carbocycles. The van der Waals surface area contributed by atoms with Gasteiger partial charge in [-0.1, -0.05) is 0 Å². The Morgan fingerprint density at radius 2 is 1.33 bits per heavy atom. The predicted molar refractivity (Wildman–Crippen MR) is 76.2 cm³/mol. The van der Waals surface area contributed by atoms with Gasteiger partial charge in [0, 0.05) is 20.3 Å². The third-order valence-electron chi connectivity index (χ3n) is 3.49. The van der Waals surface area contributed by atoms with Gasteiger partial charge in [-0.3, -0.25) is 0 Å². The first-order valence-corrected chi connectivity index (χ1v) is 8.99. The van der Waals surface area contributed by atoms with Gasteiger partial charge in [0.05, 0.1) is 11.1 Å². The minimum atomic E-state index is -4.85. The van der Waals surface area contributed by atoms with Gasteiger partial charge in [0.2, 0.25) is 0 Å². The summed E-state index contributed by atoms with van der Waals surface area (Å²) in [5, 5.41) is 0. The number of unbranched alkanes of at least 4 members (excludes halogenated alkanes) is 1. The molecule has 0 saturated heterocycles. The van der Waals surface area contributed by atoms with E-state index in [1.54, 1.807) is 0 Å². The Morgan fingerprint density at radius 1 is 0.875 bits per heavy atom. The van der Waals surface area contributed by atoms with Crippen LogP contribution in [0.5, 0.6) is 0 Å². The van der Waals surface area contributed by atoms with Crippen LogP contribution < -0.4 is 0 Å². The first-order chi connectivity index (χ1) is 10.9. The second kappa shape index (κ2) is 7.85. The van der Waals surface area contributed by atoms with E-state index in [2.05, 4.69) is 0 Å². The van der Waals surface area contributed by atoms with Crippen molar-refractivity contribution in [2.24, 2.45) is 0 Å². The monoisotopic (exact) mass is 376 g/mol. The molecular formula is C14H18F6O3Si. The van der Waals surface area contributed by atoms with Gasteiger partial charge in [0.15, 0.2) is 0 Å². The van der Waals surface area contributed by atoms with Gasteiger partial charge in [-0.2, -0.15) is 26.3 Å². The molecule has 0 bridgehead atoms. The van der Waals surface area contributed by atoms with E-state index in [0.717, 1.165) is 0 Å². The summed E-state index contributed by atoms with van der Waals surface area (Å²) in [6.07, 6.45) is -9.04. The van der Waals surface area contributed by atoms with E-state index < -0.39 is 32.3 Å². The Kier molecular flexibility index (Phi) is 6.85. The maximum absolute atomic E-state index is 12.7. The van der Waals surface area contributed by atoms with Crippen LogP contribution in [-0.2, 0) is 27.6 Å². The van der Waals surface area contributed by atoms with Gasteiger partial charge < -0.3 is 13.6 Å². The molecule has 0 aliphatic carbocycles. The van der Waals surface area contributed by atoms with Gasteiger partial charge in [-0.05, 0) is 43.0 Å². The van der Waals surface area contributed by atoms with Crippen LogP contribution in [0.2, 0.25) is 6.04 Å². The van der Waals surface area contributed by atoms with Crippen LogP contribution in [0.15, 0.2) is 18.2 Å². The lowest BCUT2D eigenvalue weighted by Crippen LogP contribution is -2.39. The molecule has 0 saturated carbocycles. The molecule has 0 amide bonds. The van der Waals surface area contributed by atoms with Gasteiger partial charge in [0.25, 0.3) is 0 Å². The fourth-order valence-corrected chi connectivity index (χ4v) is 3.40. The zero-order valence-corrected chi connectivity index (χ0v) is 14.1. The molecule has 138 valence electrons. The number of halogens is 6. The molecule has 1 rings (SSSR count). The maximum Gasteiger partial charge on any atom is 0.497 e. The fraction of sp³-hybridized carbons (Fsp3) is 0.571. The van der Waals surface area contributed by atoms with Crippen molar-refractivity contribution in [2.75, 3.05) is 14.2 Å². The largest absolute Gasteiger partial charge is 0.497 e. The molecule has 1 aromatic rings. The molecule has 0 fully saturated rings. The standard InChI is InChI=1S/C14H18F6O3Si/c1-22-24(21,23-2)6-4-3-5-10-7-11(13(15,16)17)9-12(8-10)14(18,19)20/h7-9,21H,3-6H2,1-2H3. The molecule has 0 spiro atoms. The molecule has 0 aromatic heterocycles. The van der Waals surface area contributed by atoms with Crippen LogP contribution in [0.3, 0.4) is 0 Å².